The fraction of sp³-hybridized carbons (Fsp3) is 0.636. The standard InChI is InChI=1S/C11H19N3O/c1-4-10-7-14(8-13-10)11(15)12-6-5-9(2)3/h7-9H,4-6H2,1-3H3,(H,12,15). The van der Waals surface area contributed by atoms with Crippen molar-refractivity contribution in [2.75, 3.05) is 6.54 Å². The maximum absolute atomic E-state index is 11.6. The van der Waals surface area contributed by atoms with Crippen LogP contribution in [0.3, 0.4) is 0 Å². The summed E-state index contributed by atoms with van der Waals surface area (Å²) in [5, 5.41) is 2.85. The quantitative estimate of drug-likeness (QED) is 0.825. The molecule has 1 aromatic rings. The van der Waals surface area contributed by atoms with Gasteiger partial charge in [0.15, 0.2) is 0 Å². The number of hydrogen-bond donors (Lipinski definition) is 1. The second-order valence-electron chi connectivity index (χ2n) is 4.04. The van der Waals surface area contributed by atoms with Crippen LogP contribution < -0.4 is 5.32 Å². The van der Waals surface area contributed by atoms with Crippen LogP contribution >= 0.6 is 0 Å². The molecule has 84 valence electrons. The van der Waals surface area contributed by atoms with E-state index in [-0.39, 0.29) is 6.03 Å². The molecular formula is C11H19N3O. The van der Waals surface area contributed by atoms with Crippen molar-refractivity contribution in [3.8, 4) is 0 Å². The first-order chi connectivity index (χ1) is 7.13. The first-order valence-electron chi connectivity index (χ1n) is 5.44. The van der Waals surface area contributed by atoms with Crippen LogP contribution in [0.5, 0.6) is 0 Å². The van der Waals surface area contributed by atoms with Gasteiger partial charge in [0.25, 0.3) is 0 Å². The molecule has 0 unspecified atom stereocenters. The van der Waals surface area contributed by atoms with Crippen molar-refractivity contribution in [3.63, 3.8) is 0 Å². The average Bonchev–Trinajstić information content (AvgIpc) is 2.65. The van der Waals surface area contributed by atoms with Gasteiger partial charge in [-0.3, -0.25) is 4.57 Å². The Balaban J connectivity index is 2.40. The number of rotatable bonds is 4. The number of nitrogens with one attached hydrogen (secondary N) is 1. The molecular weight excluding hydrogens is 190 g/mol. The Morgan fingerprint density at radius 3 is 2.87 bits per heavy atom. The number of amides is 1. The fourth-order valence-corrected chi connectivity index (χ4v) is 1.22. The van der Waals surface area contributed by atoms with Crippen molar-refractivity contribution >= 4 is 6.03 Å². The number of imidazole rings is 1. The second-order valence-corrected chi connectivity index (χ2v) is 4.04. The number of hydrogen-bond acceptors (Lipinski definition) is 2. The molecule has 0 saturated heterocycles. The molecule has 0 atom stereocenters. The van der Waals surface area contributed by atoms with E-state index in [1.165, 1.54) is 4.57 Å². The fourth-order valence-electron chi connectivity index (χ4n) is 1.22. The number of carbonyl (C=O) groups is 1. The molecule has 0 bridgehead atoms. The van der Waals surface area contributed by atoms with E-state index in [0.29, 0.717) is 5.92 Å². The summed E-state index contributed by atoms with van der Waals surface area (Å²) in [6.07, 6.45) is 5.18. The largest absolute Gasteiger partial charge is 0.337 e. The van der Waals surface area contributed by atoms with Crippen LogP contribution in [0, 0.1) is 5.92 Å². The van der Waals surface area contributed by atoms with Crippen LogP contribution in [0.2, 0.25) is 0 Å². The van der Waals surface area contributed by atoms with Gasteiger partial charge in [-0.25, -0.2) is 9.78 Å². The molecule has 1 amide bonds. The first kappa shape index (κ1) is 11.8. The molecule has 4 nitrogen and oxygen atoms in total. The summed E-state index contributed by atoms with van der Waals surface area (Å²) in [4.78, 5) is 15.7. The lowest BCUT2D eigenvalue weighted by Gasteiger charge is -2.06. The second kappa shape index (κ2) is 5.53. The molecule has 1 rings (SSSR count). The Morgan fingerprint density at radius 1 is 1.60 bits per heavy atom. The third kappa shape index (κ3) is 3.73. The SMILES string of the molecule is CCc1cn(C(=O)NCCC(C)C)cn1. The zero-order valence-electron chi connectivity index (χ0n) is 9.66. The summed E-state index contributed by atoms with van der Waals surface area (Å²) in [6.45, 7) is 7.01. The van der Waals surface area contributed by atoms with E-state index < -0.39 is 0 Å². The molecule has 0 radical (unpaired) electrons. The monoisotopic (exact) mass is 209 g/mol. The molecule has 0 aliphatic carbocycles. The third-order valence-corrected chi connectivity index (χ3v) is 2.23. The third-order valence-electron chi connectivity index (χ3n) is 2.23. The van der Waals surface area contributed by atoms with E-state index in [1.54, 1.807) is 12.5 Å². The maximum Gasteiger partial charge on any atom is 0.326 e. The molecule has 15 heavy (non-hydrogen) atoms. The summed E-state index contributed by atoms with van der Waals surface area (Å²) in [5.74, 6) is 0.610. The lowest BCUT2D eigenvalue weighted by Crippen LogP contribution is -2.29. The Morgan fingerprint density at radius 2 is 2.33 bits per heavy atom. The summed E-state index contributed by atoms with van der Waals surface area (Å²) in [6, 6.07) is -0.0946. The molecule has 1 N–H and O–H groups in total. The van der Waals surface area contributed by atoms with E-state index >= 15 is 0 Å². The van der Waals surface area contributed by atoms with Crippen LogP contribution in [-0.2, 0) is 6.42 Å². The van der Waals surface area contributed by atoms with Gasteiger partial charge < -0.3 is 5.32 Å². The van der Waals surface area contributed by atoms with Gasteiger partial charge in [-0.15, -0.1) is 0 Å². The molecule has 0 aliphatic heterocycles. The highest BCUT2D eigenvalue weighted by molar-refractivity contribution is 5.76. The summed E-state index contributed by atoms with van der Waals surface area (Å²) >= 11 is 0. The van der Waals surface area contributed by atoms with E-state index in [1.807, 2.05) is 6.92 Å². The highest BCUT2D eigenvalue weighted by atomic mass is 16.2. The van der Waals surface area contributed by atoms with Gasteiger partial charge in [-0.05, 0) is 18.8 Å². The van der Waals surface area contributed by atoms with E-state index in [9.17, 15) is 4.79 Å². The zero-order valence-corrected chi connectivity index (χ0v) is 9.66. The van der Waals surface area contributed by atoms with Crippen molar-refractivity contribution in [2.45, 2.75) is 33.6 Å². The number of carbonyl (C=O) groups excluding carboxylic acids is 1. The van der Waals surface area contributed by atoms with Crippen molar-refractivity contribution < 1.29 is 4.79 Å². The molecule has 0 saturated carbocycles. The molecule has 0 spiro atoms. The molecule has 1 aromatic heterocycles. The van der Waals surface area contributed by atoms with Gasteiger partial charge >= 0.3 is 6.03 Å². The zero-order chi connectivity index (χ0) is 11.3. The minimum absolute atomic E-state index is 0.0946. The molecule has 0 fully saturated rings. The lowest BCUT2D eigenvalue weighted by molar-refractivity contribution is 0.241. The van der Waals surface area contributed by atoms with Crippen molar-refractivity contribution in [1.29, 1.82) is 0 Å². The Kier molecular flexibility index (Phi) is 4.34. The molecule has 0 aliphatic rings. The predicted molar refractivity (Wildman–Crippen MR) is 59.9 cm³/mol. The first-order valence-corrected chi connectivity index (χ1v) is 5.44. The summed E-state index contributed by atoms with van der Waals surface area (Å²) < 4.78 is 1.50. The van der Waals surface area contributed by atoms with Crippen LogP contribution in [-0.4, -0.2) is 22.1 Å². The molecule has 1 heterocycles. The minimum Gasteiger partial charge on any atom is -0.337 e. The maximum atomic E-state index is 11.6. The van der Waals surface area contributed by atoms with Crippen LogP contribution in [0.15, 0.2) is 12.5 Å². The van der Waals surface area contributed by atoms with E-state index in [4.69, 9.17) is 0 Å². The van der Waals surface area contributed by atoms with Crippen LogP contribution in [0.25, 0.3) is 0 Å². The predicted octanol–water partition coefficient (Wildman–Crippen LogP) is 2.05. The highest BCUT2D eigenvalue weighted by Gasteiger charge is 2.04. The van der Waals surface area contributed by atoms with Gasteiger partial charge in [-0.2, -0.15) is 0 Å². The lowest BCUT2D eigenvalue weighted by atomic mass is 10.1. The highest BCUT2D eigenvalue weighted by Crippen LogP contribution is 1.98. The number of nitrogens with zero attached hydrogens (tertiary/aromatic N) is 2. The summed E-state index contributed by atoms with van der Waals surface area (Å²) in [5.41, 5.74) is 0.939. The normalized spacial score (nSPS) is 10.7. The number of aromatic nitrogens is 2. The van der Waals surface area contributed by atoms with Crippen LogP contribution in [0.4, 0.5) is 4.79 Å². The smallest absolute Gasteiger partial charge is 0.326 e. The van der Waals surface area contributed by atoms with E-state index in [2.05, 4.69) is 24.1 Å². The van der Waals surface area contributed by atoms with Gasteiger partial charge in [-0.1, -0.05) is 20.8 Å². The van der Waals surface area contributed by atoms with Gasteiger partial charge in [0.05, 0.1) is 5.69 Å². The Labute approximate surface area is 90.7 Å². The molecule has 0 aromatic carbocycles. The van der Waals surface area contributed by atoms with Crippen molar-refractivity contribution in [3.05, 3.63) is 18.2 Å². The Bertz CT molecular complexity index is 317. The number of aryl methyl sites for hydroxylation is 1. The summed E-state index contributed by atoms with van der Waals surface area (Å²) in [7, 11) is 0. The van der Waals surface area contributed by atoms with Crippen molar-refractivity contribution in [1.82, 2.24) is 14.9 Å². The van der Waals surface area contributed by atoms with Gasteiger partial charge in [0, 0.05) is 12.7 Å². The Hall–Kier alpha value is -1.32. The van der Waals surface area contributed by atoms with Gasteiger partial charge in [0.2, 0.25) is 0 Å². The average molecular weight is 209 g/mol. The van der Waals surface area contributed by atoms with Gasteiger partial charge in [0.1, 0.15) is 6.33 Å². The van der Waals surface area contributed by atoms with E-state index in [0.717, 1.165) is 25.1 Å². The molecule has 4 heteroatoms. The van der Waals surface area contributed by atoms with Crippen LogP contribution in [0.1, 0.15) is 32.9 Å². The topological polar surface area (TPSA) is 46.9 Å². The minimum atomic E-state index is -0.0946. The van der Waals surface area contributed by atoms with Crippen molar-refractivity contribution in [2.24, 2.45) is 5.92 Å².